The molecule has 1 saturated heterocycles. The summed E-state index contributed by atoms with van der Waals surface area (Å²) in [6.07, 6.45) is 8.10. The number of nitrogens with two attached hydrogens (primary N) is 1. The fourth-order valence-corrected chi connectivity index (χ4v) is 3.78. The Bertz CT molecular complexity index is 501. The first-order valence-corrected chi connectivity index (χ1v) is 7.36. The van der Waals surface area contributed by atoms with Crippen LogP contribution in [0.25, 0.3) is 0 Å². The number of hydrogen-bond acceptors (Lipinski definition) is 3. The molecule has 2 fully saturated rings. The third-order valence-corrected chi connectivity index (χ3v) is 4.73. The van der Waals surface area contributed by atoms with Gasteiger partial charge in [0.2, 0.25) is 0 Å². The Morgan fingerprint density at radius 2 is 1.95 bits per heavy atom. The van der Waals surface area contributed by atoms with Gasteiger partial charge in [0.1, 0.15) is 6.07 Å². The second kappa shape index (κ2) is 5.13. The maximum atomic E-state index is 8.96. The Labute approximate surface area is 115 Å². The second-order valence-corrected chi connectivity index (χ2v) is 5.83. The van der Waals surface area contributed by atoms with E-state index in [4.69, 9.17) is 11.0 Å². The van der Waals surface area contributed by atoms with Crippen molar-refractivity contribution < 1.29 is 0 Å². The van der Waals surface area contributed by atoms with E-state index >= 15 is 0 Å². The number of nitrogens with zero attached hydrogens (tertiary/aromatic N) is 2. The van der Waals surface area contributed by atoms with Crippen LogP contribution in [0.3, 0.4) is 0 Å². The normalized spacial score (nSPS) is 26.6. The van der Waals surface area contributed by atoms with Crippen LogP contribution in [-0.4, -0.2) is 12.6 Å². The maximum absolute atomic E-state index is 8.96. The highest BCUT2D eigenvalue weighted by Gasteiger charge is 2.33. The van der Waals surface area contributed by atoms with Crippen LogP contribution in [0.15, 0.2) is 18.2 Å². The highest BCUT2D eigenvalue weighted by atomic mass is 15.2. The number of rotatable bonds is 1. The molecule has 3 nitrogen and oxygen atoms in total. The summed E-state index contributed by atoms with van der Waals surface area (Å²) in [5, 5.41) is 8.96. The molecular formula is C16H21N3. The van der Waals surface area contributed by atoms with Crippen LogP contribution in [0.4, 0.5) is 11.4 Å². The quantitative estimate of drug-likeness (QED) is 0.783. The Hall–Kier alpha value is -1.69. The van der Waals surface area contributed by atoms with Gasteiger partial charge in [0.05, 0.1) is 11.3 Å². The topological polar surface area (TPSA) is 53.0 Å². The summed E-state index contributed by atoms with van der Waals surface area (Å²) in [5.41, 5.74) is 8.35. The van der Waals surface area contributed by atoms with Gasteiger partial charge in [-0.15, -0.1) is 0 Å². The highest BCUT2D eigenvalue weighted by molar-refractivity contribution is 5.64. The predicted octanol–water partition coefficient (Wildman–Crippen LogP) is 3.30. The lowest BCUT2D eigenvalue weighted by atomic mass is 9.78. The monoisotopic (exact) mass is 255 g/mol. The van der Waals surface area contributed by atoms with Crippen molar-refractivity contribution in [3.8, 4) is 6.07 Å². The lowest BCUT2D eigenvalue weighted by molar-refractivity contribution is 0.244. The zero-order chi connectivity index (χ0) is 13.2. The summed E-state index contributed by atoms with van der Waals surface area (Å²) in [6.45, 7) is 1.13. The van der Waals surface area contributed by atoms with Crippen molar-refractivity contribution in [2.24, 2.45) is 5.92 Å². The molecule has 1 aliphatic carbocycles. The number of nitriles is 1. The molecule has 0 spiro atoms. The van der Waals surface area contributed by atoms with Crippen LogP contribution in [0, 0.1) is 17.2 Å². The fourth-order valence-electron chi connectivity index (χ4n) is 3.78. The minimum Gasteiger partial charge on any atom is -0.398 e. The van der Waals surface area contributed by atoms with Crippen molar-refractivity contribution >= 4 is 11.4 Å². The maximum Gasteiger partial charge on any atom is 0.101 e. The third kappa shape index (κ3) is 2.28. The molecule has 1 saturated carbocycles. The number of piperidine rings is 1. The van der Waals surface area contributed by atoms with Gasteiger partial charge in [0.15, 0.2) is 0 Å². The molecule has 0 radical (unpaired) electrons. The van der Waals surface area contributed by atoms with E-state index in [9.17, 15) is 0 Å². The molecule has 2 atom stereocenters. The Balaban J connectivity index is 1.88. The molecule has 1 aromatic carbocycles. The number of fused-ring (bicyclic) bond motifs is 1. The van der Waals surface area contributed by atoms with Gasteiger partial charge in [-0.1, -0.05) is 12.8 Å². The average Bonchev–Trinajstić information content (AvgIpc) is 2.46. The zero-order valence-electron chi connectivity index (χ0n) is 11.3. The van der Waals surface area contributed by atoms with Gasteiger partial charge in [0.25, 0.3) is 0 Å². The third-order valence-electron chi connectivity index (χ3n) is 4.73. The summed E-state index contributed by atoms with van der Waals surface area (Å²) in [7, 11) is 0. The summed E-state index contributed by atoms with van der Waals surface area (Å²) in [5.74, 6) is 0.861. The summed E-state index contributed by atoms with van der Waals surface area (Å²) < 4.78 is 0. The number of anilines is 2. The van der Waals surface area contributed by atoms with Gasteiger partial charge in [-0.3, -0.25) is 0 Å². The standard InChI is InChI=1S/C16H21N3/c17-11-13-7-8-14(10-15(13)18)19-9-3-5-12-4-1-2-6-16(12)19/h7-8,10,12,16H,1-6,9,18H2/t12-,16-/m1/s1. The van der Waals surface area contributed by atoms with Crippen molar-refractivity contribution in [2.45, 2.75) is 44.6 Å². The van der Waals surface area contributed by atoms with E-state index in [1.165, 1.54) is 44.2 Å². The van der Waals surface area contributed by atoms with E-state index in [1.54, 1.807) is 0 Å². The second-order valence-electron chi connectivity index (χ2n) is 5.83. The van der Waals surface area contributed by atoms with Crippen LogP contribution in [-0.2, 0) is 0 Å². The molecule has 0 unspecified atom stereocenters. The minimum absolute atomic E-state index is 0.584. The smallest absolute Gasteiger partial charge is 0.101 e. The van der Waals surface area contributed by atoms with Gasteiger partial charge < -0.3 is 10.6 Å². The molecule has 3 rings (SSSR count). The first kappa shape index (κ1) is 12.3. The molecule has 3 heteroatoms. The van der Waals surface area contributed by atoms with Crippen LogP contribution in [0.1, 0.15) is 44.1 Å². The Morgan fingerprint density at radius 1 is 1.16 bits per heavy atom. The SMILES string of the molecule is N#Cc1ccc(N2CCC[C@H]3CCCC[C@H]32)cc1N. The molecule has 0 bridgehead atoms. The Morgan fingerprint density at radius 3 is 2.74 bits per heavy atom. The molecule has 1 aromatic rings. The van der Waals surface area contributed by atoms with Crippen molar-refractivity contribution in [3.63, 3.8) is 0 Å². The number of nitrogen functional groups attached to an aromatic ring is 1. The summed E-state index contributed by atoms with van der Waals surface area (Å²) >= 11 is 0. The van der Waals surface area contributed by atoms with E-state index in [-0.39, 0.29) is 0 Å². The summed E-state index contributed by atoms with van der Waals surface area (Å²) in [4.78, 5) is 2.53. The van der Waals surface area contributed by atoms with Crippen LogP contribution in [0.2, 0.25) is 0 Å². The van der Waals surface area contributed by atoms with E-state index in [0.29, 0.717) is 17.3 Å². The highest BCUT2D eigenvalue weighted by Crippen LogP contribution is 2.38. The van der Waals surface area contributed by atoms with Crippen molar-refractivity contribution in [1.82, 2.24) is 0 Å². The van der Waals surface area contributed by atoms with Crippen molar-refractivity contribution in [3.05, 3.63) is 23.8 Å². The van der Waals surface area contributed by atoms with Crippen molar-refractivity contribution in [1.29, 1.82) is 5.26 Å². The molecule has 100 valence electrons. The van der Waals surface area contributed by atoms with Gasteiger partial charge in [0, 0.05) is 18.3 Å². The van der Waals surface area contributed by atoms with E-state index in [1.807, 2.05) is 12.1 Å². The molecular weight excluding hydrogens is 234 g/mol. The largest absolute Gasteiger partial charge is 0.398 e. The average molecular weight is 255 g/mol. The lowest BCUT2D eigenvalue weighted by Crippen LogP contribution is -2.46. The van der Waals surface area contributed by atoms with Gasteiger partial charge in [-0.2, -0.15) is 5.26 Å². The molecule has 2 aliphatic rings. The predicted molar refractivity (Wildman–Crippen MR) is 77.9 cm³/mol. The van der Waals surface area contributed by atoms with Gasteiger partial charge >= 0.3 is 0 Å². The fraction of sp³-hybridized carbons (Fsp3) is 0.562. The molecule has 0 amide bonds. The molecule has 0 aromatic heterocycles. The van der Waals surface area contributed by atoms with Crippen LogP contribution < -0.4 is 10.6 Å². The first-order chi connectivity index (χ1) is 9.29. The zero-order valence-corrected chi connectivity index (χ0v) is 11.3. The number of hydrogen-bond donors (Lipinski definition) is 1. The van der Waals surface area contributed by atoms with Crippen LogP contribution >= 0.6 is 0 Å². The van der Waals surface area contributed by atoms with Crippen molar-refractivity contribution in [2.75, 3.05) is 17.2 Å². The summed E-state index contributed by atoms with van der Waals surface area (Å²) in [6, 6.07) is 8.73. The van der Waals surface area contributed by atoms with Crippen LogP contribution in [0.5, 0.6) is 0 Å². The van der Waals surface area contributed by atoms with E-state index in [0.717, 1.165) is 12.5 Å². The minimum atomic E-state index is 0.584. The Kier molecular flexibility index (Phi) is 3.33. The molecule has 1 heterocycles. The number of benzene rings is 1. The lowest BCUT2D eigenvalue weighted by Gasteiger charge is -2.45. The van der Waals surface area contributed by atoms with Gasteiger partial charge in [-0.25, -0.2) is 0 Å². The first-order valence-electron chi connectivity index (χ1n) is 7.36. The van der Waals surface area contributed by atoms with E-state index < -0.39 is 0 Å². The molecule has 1 aliphatic heterocycles. The molecule has 2 N–H and O–H groups in total. The van der Waals surface area contributed by atoms with E-state index in [2.05, 4.69) is 17.0 Å². The van der Waals surface area contributed by atoms with Gasteiger partial charge in [-0.05, 0) is 49.8 Å². The molecule has 19 heavy (non-hydrogen) atoms.